The molecule has 0 aromatic carbocycles. The summed E-state index contributed by atoms with van der Waals surface area (Å²) in [6, 6.07) is 1.95. The number of aryl methyl sites for hydroxylation is 2. The molecule has 1 aliphatic heterocycles. The van der Waals surface area contributed by atoms with Crippen molar-refractivity contribution in [2.45, 2.75) is 32.8 Å². The van der Waals surface area contributed by atoms with Crippen LogP contribution in [0.4, 0.5) is 5.69 Å². The highest BCUT2D eigenvalue weighted by Crippen LogP contribution is 2.15. The van der Waals surface area contributed by atoms with Gasteiger partial charge >= 0.3 is 0 Å². The lowest BCUT2D eigenvalue weighted by molar-refractivity contribution is -0.124. The molecule has 0 bridgehead atoms. The second-order valence-electron chi connectivity index (χ2n) is 5.10. The number of rotatable bonds is 3. The molecule has 2 aromatic heterocycles. The van der Waals surface area contributed by atoms with Crippen LogP contribution in [0.3, 0.4) is 0 Å². The molecule has 0 saturated carbocycles. The molecule has 1 aliphatic rings. The van der Waals surface area contributed by atoms with E-state index >= 15 is 0 Å². The zero-order valence-corrected chi connectivity index (χ0v) is 12.0. The molecule has 1 saturated heterocycles. The Kier molecular flexibility index (Phi) is 3.66. The van der Waals surface area contributed by atoms with E-state index in [2.05, 4.69) is 20.4 Å². The first-order chi connectivity index (χ1) is 10.1. The zero-order valence-electron chi connectivity index (χ0n) is 12.0. The van der Waals surface area contributed by atoms with Crippen LogP contribution in [0, 0.1) is 13.8 Å². The van der Waals surface area contributed by atoms with E-state index in [1.54, 1.807) is 17.1 Å². The number of hydrogen-bond donors (Lipinski definition) is 1. The molecule has 1 fully saturated rings. The largest absolute Gasteiger partial charge is 0.368 e. The first kappa shape index (κ1) is 13.7. The minimum Gasteiger partial charge on any atom is -0.368 e. The molecular formula is C14H17N5O2. The monoisotopic (exact) mass is 287 g/mol. The van der Waals surface area contributed by atoms with Crippen molar-refractivity contribution in [3.05, 3.63) is 29.8 Å². The Balaban J connectivity index is 1.72. The van der Waals surface area contributed by atoms with Crippen LogP contribution in [0.1, 0.15) is 24.2 Å². The number of nitrogens with zero attached hydrogens (tertiary/aromatic N) is 4. The van der Waals surface area contributed by atoms with Gasteiger partial charge in [-0.1, -0.05) is 0 Å². The summed E-state index contributed by atoms with van der Waals surface area (Å²) < 4.78 is 7.00. The van der Waals surface area contributed by atoms with Gasteiger partial charge in [-0.05, 0) is 32.8 Å². The number of amides is 1. The van der Waals surface area contributed by atoms with Crippen LogP contribution in [0.2, 0.25) is 0 Å². The second-order valence-corrected chi connectivity index (χ2v) is 5.10. The van der Waals surface area contributed by atoms with Gasteiger partial charge in [-0.25, -0.2) is 14.6 Å². The molecule has 1 atom stereocenters. The molecule has 7 nitrogen and oxygen atoms in total. The molecule has 3 rings (SSSR count). The maximum atomic E-state index is 11.9. The minimum absolute atomic E-state index is 0.144. The van der Waals surface area contributed by atoms with Crippen molar-refractivity contribution in [3.63, 3.8) is 0 Å². The van der Waals surface area contributed by atoms with Crippen molar-refractivity contribution < 1.29 is 9.53 Å². The van der Waals surface area contributed by atoms with E-state index in [4.69, 9.17) is 4.74 Å². The van der Waals surface area contributed by atoms with Crippen molar-refractivity contribution >= 4 is 11.6 Å². The normalized spacial score (nSPS) is 17.9. The summed E-state index contributed by atoms with van der Waals surface area (Å²) in [5, 5.41) is 7.08. The summed E-state index contributed by atoms with van der Waals surface area (Å²) >= 11 is 0. The second kappa shape index (κ2) is 5.61. The van der Waals surface area contributed by atoms with Crippen LogP contribution >= 0.6 is 0 Å². The van der Waals surface area contributed by atoms with Gasteiger partial charge in [0.2, 0.25) is 0 Å². The maximum Gasteiger partial charge on any atom is 0.253 e. The van der Waals surface area contributed by atoms with Gasteiger partial charge in [0.25, 0.3) is 11.9 Å². The maximum absolute atomic E-state index is 11.9. The number of anilines is 1. The highest BCUT2D eigenvalue weighted by molar-refractivity contribution is 5.94. The van der Waals surface area contributed by atoms with Gasteiger partial charge < -0.3 is 10.1 Å². The predicted octanol–water partition coefficient (Wildman–Crippen LogP) is 1.40. The van der Waals surface area contributed by atoms with Crippen molar-refractivity contribution in [3.8, 4) is 5.95 Å². The summed E-state index contributed by atoms with van der Waals surface area (Å²) in [5.74, 6) is 0.339. The fraction of sp³-hybridized carbons (Fsp3) is 0.429. The number of ether oxygens (including phenoxy) is 1. The van der Waals surface area contributed by atoms with Gasteiger partial charge in [0, 0.05) is 12.3 Å². The van der Waals surface area contributed by atoms with Crippen LogP contribution in [0.15, 0.2) is 18.5 Å². The molecule has 0 aliphatic carbocycles. The van der Waals surface area contributed by atoms with E-state index in [9.17, 15) is 4.79 Å². The summed E-state index contributed by atoms with van der Waals surface area (Å²) in [6.45, 7) is 4.50. The van der Waals surface area contributed by atoms with Crippen LogP contribution in [0.5, 0.6) is 0 Å². The van der Waals surface area contributed by atoms with E-state index < -0.39 is 0 Å². The summed E-state index contributed by atoms with van der Waals surface area (Å²) in [7, 11) is 0. The van der Waals surface area contributed by atoms with E-state index in [1.165, 1.54) is 0 Å². The molecule has 110 valence electrons. The fourth-order valence-corrected chi connectivity index (χ4v) is 2.33. The SMILES string of the molecule is Cc1cc(C)n(-c2ncc(NC(=O)[C@H]3CCCO3)cn2)n1. The summed E-state index contributed by atoms with van der Waals surface area (Å²) in [5.41, 5.74) is 2.43. The first-order valence-electron chi connectivity index (χ1n) is 6.91. The van der Waals surface area contributed by atoms with E-state index in [-0.39, 0.29) is 12.0 Å². The highest BCUT2D eigenvalue weighted by Gasteiger charge is 2.23. The quantitative estimate of drug-likeness (QED) is 0.922. The lowest BCUT2D eigenvalue weighted by Gasteiger charge is -2.10. The highest BCUT2D eigenvalue weighted by atomic mass is 16.5. The Morgan fingerprint density at radius 2 is 2.14 bits per heavy atom. The van der Waals surface area contributed by atoms with Crippen molar-refractivity contribution in [2.75, 3.05) is 11.9 Å². The molecule has 0 unspecified atom stereocenters. The number of hydrogen-bond acceptors (Lipinski definition) is 5. The smallest absolute Gasteiger partial charge is 0.253 e. The molecule has 1 amide bonds. The molecule has 0 spiro atoms. The Morgan fingerprint density at radius 1 is 1.38 bits per heavy atom. The molecular weight excluding hydrogens is 270 g/mol. The van der Waals surface area contributed by atoms with E-state index in [0.717, 1.165) is 24.2 Å². The fourth-order valence-electron chi connectivity index (χ4n) is 2.33. The summed E-state index contributed by atoms with van der Waals surface area (Å²) in [4.78, 5) is 20.4. The Morgan fingerprint density at radius 3 is 2.71 bits per heavy atom. The van der Waals surface area contributed by atoms with Gasteiger partial charge in [-0.3, -0.25) is 4.79 Å². The number of carbonyl (C=O) groups excluding carboxylic acids is 1. The summed E-state index contributed by atoms with van der Waals surface area (Å²) in [6.07, 6.45) is 4.47. The number of carbonyl (C=O) groups is 1. The van der Waals surface area contributed by atoms with E-state index in [1.807, 2.05) is 19.9 Å². The third kappa shape index (κ3) is 2.92. The molecule has 3 heterocycles. The molecule has 2 aromatic rings. The third-order valence-electron chi connectivity index (χ3n) is 3.33. The Labute approximate surface area is 122 Å². The third-order valence-corrected chi connectivity index (χ3v) is 3.33. The average Bonchev–Trinajstić information content (AvgIpc) is 3.09. The predicted molar refractivity (Wildman–Crippen MR) is 76.2 cm³/mol. The van der Waals surface area contributed by atoms with Crippen LogP contribution < -0.4 is 5.32 Å². The molecule has 0 radical (unpaired) electrons. The lowest BCUT2D eigenvalue weighted by atomic mass is 10.2. The number of nitrogens with one attached hydrogen (secondary N) is 1. The van der Waals surface area contributed by atoms with E-state index in [0.29, 0.717) is 18.2 Å². The van der Waals surface area contributed by atoms with Crippen LogP contribution in [-0.4, -0.2) is 38.4 Å². The minimum atomic E-state index is -0.360. The van der Waals surface area contributed by atoms with Crippen LogP contribution in [0.25, 0.3) is 5.95 Å². The van der Waals surface area contributed by atoms with Crippen molar-refractivity contribution in [2.24, 2.45) is 0 Å². The Hall–Kier alpha value is -2.28. The zero-order chi connectivity index (χ0) is 14.8. The molecule has 21 heavy (non-hydrogen) atoms. The number of aromatic nitrogens is 4. The molecule has 7 heteroatoms. The lowest BCUT2D eigenvalue weighted by Crippen LogP contribution is -2.27. The standard InChI is InChI=1S/C14H17N5O2/c1-9-6-10(2)19(18-9)14-15-7-11(8-16-14)17-13(20)12-4-3-5-21-12/h6-8,12H,3-5H2,1-2H3,(H,17,20)/t12-/m1/s1. The van der Waals surface area contributed by atoms with Gasteiger partial charge in [0.15, 0.2) is 0 Å². The van der Waals surface area contributed by atoms with Gasteiger partial charge in [0.1, 0.15) is 6.10 Å². The topological polar surface area (TPSA) is 81.9 Å². The molecule has 1 N–H and O–H groups in total. The van der Waals surface area contributed by atoms with Gasteiger partial charge in [0.05, 0.1) is 23.8 Å². The first-order valence-corrected chi connectivity index (χ1v) is 6.91. The Bertz CT molecular complexity index is 644. The average molecular weight is 287 g/mol. The van der Waals surface area contributed by atoms with Crippen molar-refractivity contribution in [1.82, 2.24) is 19.7 Å². The van der Waals surface area contributed by atoms with Crippen LogP contribution in [-0.2, 0) is 9.53 Å². The van der Waals surface area contributed by atoms with Gasteiger partial charge in [-0.2, -0.15) is 5.10 Å². The van der Waals surface area contributed by atoms with Gasteiger partial charge in [-0.15, -0.1) is 0 Å². The van der Waals surface area contributed by atoms with Crippen molar-refractivity contribution in [1.29, 1.82) is 0 Å².